The average molecular weight is 361 g/mol. The summed E-state index contributed by atoms with van der Waals surface area (Å²) in [6.45, 7) is 6.74. The van der Waals surface area contributed by atoms with E-state index in [0.29, 0.717) is 13.0 Å². The summed E-state index contributed by atoms with van der Waals surface area (Å²) in [6, 6.07) is 12.1. The SMILES string of the molecule is Cc1cc(C)cc(NCCC(=O)Nc2ccc(Br)cc2C)c1. The molecule has 0 radical (unpaired) electrons. The second kappa shape index (κ2) is 7.45. The number of benzene rings is 2. The maximum atomic E-state index is 12.0. The maximum Gasteiger partial charge on any atom is 0.226 e. The summed E-state index contributed by atoms with van der Waals surface area (Å²) in [5.74, 6) is 0.0160. The Labute approximate surface area is 140 Å². The lowest BCUT2D eigenvalue weighted by Crippen LogP contribution is -2.16. The zero-order valence-electron chi connectivity index (χ0n) is 13.2. The smallest absolute Gasteiger partial charge is 0.226 e. The molecule has 2 aromatic carbocycles. The summed E-state index contributed by atoms with van der Waals surface area (Å²) < 4.78 is 1.01. The van der Waals surface area contributed by atoms with E-state index in [0.717, 1.165) is 21.4 Å². The Balaban J connectivity index is 1.85. The Hall–Kier alpha value is -1.81. The first-order valence-electron chi connectivity index (χ1n) is 7.32. The Kier molecular flexibility index (Phi) is 5.61. The van der Waals surface area contributed by atoms with E-state index < -0.39 is 0 Å². The van der Waals surface area contributed by atoms with E-state index in [1.807, 2.05) is 25.1 Å². The van der Waals surface area contributed by atoms with Crippen LogP contribution in [0.1, 0.15) is 23.1 Å². The normalized spacial score (nSPS) is 10.4. The summed E-state index contributed by atoms with van der Waals surface area (Å²) >= 11 is 3.42. The highest BCUT2D eigenvalue weighted by Crippen LogP contribution is 2.20. The van der Waals surface area contributed by atoms with Crippen molar-refractivity contribution in [3.05, 3.63) is 57.6 Å². The van der Waals surface area contributed by atoms with Crippen molar-refractivity contribution in [3.8, 4) is 0 Å². The van der Waals surface area contributed by atoms with Gasteiger partial charge in [-0.2, -0.15) is 0 Å². The van der Waals surface area contributed by atoms with Crippen molar-refractivity contribution in [2.75, 3.05) is 17.2 Å². The fourth-order valence-electron chi connectivity index (χ4n) is 2.38. The van der Waals surface area contributed by atoms with Crippen LogP contribution in [-0.4, -0.2) is 12.5 Å². The highest BCUT2D eigenvalue weighted by atomic mass is 79.9. The van der Waals surface area contributed by atoms with Crippen LogP contribution in [0, 0.1) is 20.8 Å². The minimum atomic E-state index is 0.0160. The van der Waals surface area contributed by atoms with Crippen LogP contribution in [0.15, 0.2) is 40.9 Å². The van der Waals surface area contributed by atoms with Crippen molar-refractivity contribution in [2.45, 2.75) is 27.2 Å². The lowest BCUT2D eigenvalue weighted by molar-refractivity contribution is -0.115. The molecule has 0 aliphatic rings. The van der Waals surface area contributed by atoms with E-state index in [9.17, 15) is 4.79 Å². The first kappa shape index (κ1) is 16.6. The van der Waals surface area contributed by atoms with Crippen LogP contribution in [0.3, 0.4) is 0 Å². The van der Waals surface area contributed by atoms with E-state index in [4.69, 9.17) is 0 Å². The van der Waals surface area contributed by atoms with E-state index >= 15 is 0 Å². The van der Waals surface area contributed by atoms with Gasteiger partial charge in [-0.15, -0.1) is 0 Å². The van der Waals surface area contributed by atoms with E-state index in [1.54, 1.807) is 0 Å². The number of rotatable bonds is 5. The third-order valence-electron chi connectivity index (χ3n) is 3.37. The molecule has 0 aliphatic heterocycles. The molecular formula is C18H21BrN2O. The minimum Gasteiger partial charge on any atom is -0.385 e. The number of halogens is 1. The summed E-state index contributed by atoms with van der Waals surface area (Å²) in [6.07, 6.45) is 0.433. The number of nitrogens with one attached hydrogen (secondary N) is 2. The third-order valence-corrected chi connectivity index (χ3v) is 3.86. The first-order chi connectivity index (χ1) is 10.4. The van der Waals surface area contributed by atoms with Crippen molar-refractivity contribution in [3.63, 3.8) is 0 Å². The van der Waals surface area contributed by atoms with Crippen molar-refractivity contribution in [2.24, 2.45) is 0 Å². The molecule has 116 valence electrons. The van der Waals surface area contributed by atoms with Gasteiger partial charge in [0.2, 0.25) is 5.91 Å². The molecule has 3 nitrogen and oxygen atoms in total. The van der Waals surface area contributed by atoms with Gasteiger partial charge in [-0.05, 0) is 67.8 Å². The van der Waals surface area contributed by atoms with Crippen LogP contribution >= 0.6 is 15.9 Å². The van der Waals surface area contributed by atoms with E-state index in [-0.39, 0.29) is 5.91 Å². The number of hydrogen-bond donors (Lipinski definition) is 2. The largest absolute Gasteiger partial charge is 0.385 e. The van der Waals surface area contributed by atoms with Crippen molar-refractivity contribution in [1.29, 1.82) is 0 Å². The van der Waals surface area contributed by atoms with Gasteiger partial charge in [0.15, 0.2) is 0 Å². The standard InChI is InChI=1S/C18H21BrN2O/c1-12-8-13(2)10-16(9-12)20-7-6-18(22)21-17-5-4-15(19)11-14(17)3/h4-5,8-11,20H,6-7H2,1-3H3,(H,21,22). The molecule has 0 unspecified atom stereocenters. The van der Waals surface area contributed by atoms with Crippen molar-refractivity contribution in [1.82, 2.24) is 0 Å². The molecule has 2 N–H and O–H groups in total. The predicted octanol–water partition coefficient (Wildman–Crippen LogP) is 4.82. The molecule has 0 aromatic heterocycles. The van der Waals surface area contributed by atoms with Crippen LogP contribution in [0.4, 0.5) is 11.4 Å². The van der Waals surface area contributed by atoms with Gasteiger partial charge in [-0.1, -0.05) is 22.0 Å². The van der Waals surface area contributed by atoms with Crippen LogP contribution in [0.2, 0.25) is 0 Å². The molecule has 0 spiro atoms. The molecule has 0 saturated heterocycles. The van der Waals surface area contributed by atoms with Gasteiger partial charge in [0.05, 0.1) is 0 Å². The number of amides is 1. The van der Waals surface area contributed by atoms with Gasteiger partial charge in [-0.25, -0.2) is 0 Å². The molecule has 0 saturated carbocycles. The third kappa shape index (κ3) is 4.88. The molecule has 2 aromatic rings. The fourth-order valence-corrected chi connectivity index (χ4v) is 2.85. The molecule has 0 heterocycles. The molecule has 0 aliphatic carbocycles. The number of aryl methyl sites for hydroxylation is 3. The van der Waals surface area contributed by atoms with Gasteiger partial charge in [-0.3, -0.25) is 4.79 Å². The number of carbonyl (C=O) groups is 1. The Morgan fingerprint density at radius 3 is 2.36 bits per heavy atom. The van der Waals surface area contributed by atoms with Gasteiger partial charge in [0, 0.05) is 28.8 Å². The molecule has 22 heavy (non-hydrogen) atoms. The predicted molar refractivity (Wildman–Crippen MR) is 96.5 cm³/mol. The highest BCUT2D eigenvalue weighted by Gasteiger charge is 2.05. The second-order valence-electron chi connectivity index (χ2n) is 5.56. The van der Waals surface area contributed by atoms with Crippen LogP contribution in [0.5, 0.6) is 0 Å². The van der Waals surface area contributed by atoms with Gasteiger partial charge in [0.25, 0.3) is 0 Å². The first-order valence-corrected chi connectivity index (χ1v) is 8.11. The number of hydrogen-bond acceptors (Lipinski definition) is 2. The maximum absolute atomic E-state index is 12.0. The van der Waals surface area contributed by atoms with E-state index in [2.05, 4.69) is 58.6 Å². The lowest BCUT2D eigenvalue weighted by Gasteiger charge is -2.10. The molecule has 1 amide bonds. The lowest BCUT2D eigenvalue weighted by atomic mass is 10.1. The molecule has 2 rings (SSSR count). The fraction of sp³-hybridized carbons (Fsp3) is 0.278. The van der Waals surface area contributed by atoms with Gasteiger partial charge in [0.1, 0.15) is 0 Å². The van der Waals surface area contributed by atoms with Crippen LogP contribution in [0.25, 0.3) is 0 Å². The van der Waals surface area contributed by atoms with Crippen LogP contribution in [-0.2, 0) is 4.79 Å². The zero-order chi connectivity index (χ0) is 16.1. The Morgan fingerprint density at radius 2 is 1.73 bits per heavy atom. The summed E-state index contributed by atoms with van der Waals surface area (Å²) in [4.78, 5) is 12.0. The topological polar surface area (TPSA) is 41.1 Å². The molecular weight excluding hydrogens is 340 g/mol. The Bertz CT molecular complexity index is 663. The zero-order valence-corrected chi connectivity index (χ0v) is 14.8. The quantitative estimate of drug-likeness (QED) is 0.802. The molecule has 4 heteroatoms. The second-order valence-corrected chi connectivity index (χ2v) is 6.48. The summed E-state index contributed by atoms with van der Waals surface area (Å²) in [5, 5.41) is 6.25. The Morgan fingerprint density at radius 1 is 1.05 bits per heavy atom. The summed E-state index contributed by atoms with van der Waals surface area (Å²) in [5.41, 5.74) is 5.41. The monoisotopic (exact) mass is 360 g/mol. The highest BCUT2D eigenvalue weighted by molar-refractivity contribution is 9.10. The molecule has 0 fully saturated rings. The number of anilines is 2. The number of carbonyl (C=O) groups excluding carboxylic acids is 1. The average Bonchev–Trinajstić information content (AvgIpc) is 2.41. The molecule has 0 atom stereocenters. The van der Waals surface area contributed by atoms with Gasteiger partial charge >= 0.3 is 0 Å². The van der Waals surface area contributed by atoms with Gasteiger partial charge < -0.3 is 10.6 Å². The van der Waals surface area contributed by atoms with Crippen LogP contribution < -0.4 is 10.6 Å². The van der Waals surface area contributed by atoms with Crippen molar-refractivity contribution >= 4 is 33.2 Å². The summed E-state index contributed by atoms with van der Waals surface area (Å²) in [7, 11) is 0. The minimum absolute atomic E-state index is 0.0160. The van der Waals surface area contributed by atoms with Crippen molar-refractivity contribution < 1.29 is 4.79 Å². The van der Waals surface area contributed by atoms with E-state index in [1.165, 1.54) is 11.1 Å². The molecule has 0 bridgehead atoms.